The van der Waals surface area contributed by atoms with Crippen molar-refractivity contribution in [3.8, 4) is 0 Å². The molecule has 1 aliphatic rings. The molecule has 1 saturated heterocycles. The Kier molecular flexibility index (Phi) is 5.59. The zero-order valence-electron chi connectivity index (χ0n) is 11.6. The van der Waals surface area contributed by atoms with Gasteiger partial charge in [-0.05, 0) is 37.9 Å². The molecule has 1 fully saturated rings. The number of hydrogen-bond acceptors (Lipinski definition) is 2. The molecular weight excluding hydrogens is 302 g/mol. The SMILES string of the molecule is CCCC1CCN(CC(=O)c2ccccc2Br)CC1. The summed E-state index contributed by atoms with van der Waals surface area (Å²) in [6.45, 7) is 4.95. The summed E-state index contributed by atoms with van der Waals surface area (Å²) >= 11 is 3.45. The number of ketones is 1. The van der Waals surface area contributed by atoms with Gasteiger partial charge in [0.15, 0.2) is 5.78 Å². The van der Waals surface area contributed by atoms with Crippen molar-refractivity contribution in [3.63, 3.8) is 0 Å². The van der Waals surface area contributed by atoms with Crippen molar-refractivity contribution < 1.29 is 4.79 Å². The Hall–Kier alpha value is -0.670. The second kappa shape index (κ2) is 7.20. The molecule has 1 aliphatic heterocycles. The molecule has 104 valence electrons. The van der Waals surface area contributed by atoms with Crippen LogP contribution in [0.5, 0.6) is 0 Å². The van der Waals surface area contributed by atoms with Crippen LogP contribution in [0.15, 0.2) is 28.7 Å². The zero-order chi connectivity index (χ0) is 13.7. The lowest BCUT2D eigenvalue weighted by Crippen LogP contribution is -2.37. The summed E-state index contributed by atoms with van der Waals surface area (Å²) in [5.41, 5.74) is 0.804. The molecule has 1 heterocycles. The third-order valence-corrected chi connectivity index (χ3v) is 4.64. The number of halogens is 1. The zero-order valence-corrected chi connectivity index (χ0v) is 13.2. The quantitative estimate of drug-likeness (QED) is 0.759. The highest BCUT2D eigenvalue weighted by molar-refractivity contribution is 9.10. The number of nitrogens with zero attached hydrogens (tertiary/aromatic N) is 1. The normalized spacial score (nSPS) is 17.6. The van der Waals surface area contributed by atoms with E-state index in [1.54, 1.807) is 0 Å². The highest BCUT2D eigenvalue weighted by Gasteiger charge is 2.21. The molecule has 0 atom stereocenters. The lowest BCUT2D eigenvalue weighted by Gasteiger charge is -2.31. The van der Waals surface area contributed by atoms with Crippen molar-refractivity contribution in [1.82, 2.24) is 4.90 Å². The Labute approximate surface area is 124 Å². The van der Waals surface area contributed by atoms with Crippen LogP contribution in [-0.2, 0) is 0 Å². The standard InChI is InChI=1S/C16H22BrNO/c1-2-5-13-8-10-18(11-9-13)12-16(19)14-6-3-4-7-15(14)17/h3-4,6-7,13H,2,5,8-12H2,1H3. The number of Topliss-reactive ketones (excluding diaryl/α,β-unsaturated/α-hetero) is 1. The van der Waals surface area contributed by atoms with E-state index in [2.05, 4.69) is 27.8 Å². The summed E-state index contributed by atoms with van der Waals surface area (Å²) in [7, 11) is 0. The number of carbonyl (C=O) groups excluding carboxylic acids is 1. The topological polar surface area (TPSA) is 20.3 Å². The van der Waals surface area contributed by atoms with Crippen LogP contribution >= 0.6 is 15.9 Å². The van der Waals surface area contributed by atoms with Gasteiger partial charge >= 0.3 is 0 Å². The van der Waals surface area contributed by atoms with E-state index in [4.69, 9.17) is 0 Å². The number of benzene rings is 1. The minimum atomic E-state index is 0.224. The third-order valence-electron chi connectivity index (χ3n) is 3.95. The summed E-state index contributed by atoms with van der Waals surface area (Å²) in [5, 5.41) is 0. The fourth-order valence-corrected chi connectivity index (χ4v) is 3.32. The highest BCUT2D eigenvalue weighted by Crippen LogP contribution is 2.22. The van der Waals surface area contributed by atoms with Crippen molar-refractivity contribution in [2.24, 2.45) is 5.92 Å². The summed E-state index contributed by atoms with van der Waals surface area (Å²) in [6.07, 6.45) is 5.11. The van der Waals surface area contributed by atoms with E-state index >= 15 is 0 Å². The van der Waals surface area contributed by atoms with Crippen LogP contribution in [0.2, 0.25) is 0 Å². The first-order valence-corrected chi connectivity index (χ1v) is 8.00. The molecule has 0 unspecified atom stereocenters. The van der Waals surface area contributed by atoms with E-state index in [9.17, 15) is 4.79 Å². The van der Waals surface area contributed by atoms with Crippen molar-refractivity contribution in [2.45, 2.75) is 32.6 Å². The largest absolute Gasteiger partial charge is 0.296 e. The lowest BCUT2D eigenvalue weighted by molar-refractivity contribution is 0.0892. The van der Waals surface area contributed by atoms with Crippen molar-refractivity contribution >= 4 is 21.7 Å². The predicted molar refractivity (Wildman–Crippen MR) is 82.5 cm³/mol. The van der Waals surface area contributed by atoms with Crippen LogP contribution in [0, 0.1) is 5.92 Å². The average Bonchev–Trinajstić information content (AvgIpc) is 2.42. The summed E-state index contributed by atoms with van der Waals surface area (Å²) in [5.74, 6) is 1.10. The van der Waals surface area contributed by atoms with Gasteiger partial charge in [0.1, 0.15) is 0 Å². The lowest BCUT2D eigenvalue weighted by atomic mass is 9.92. The first-order chi connectivity index (χ1) is 9.20. The maximum Gasteiger partial charge on any atom is 0.177 e. The van der Waals surface area contributed by atoms with Crippen LogP contribution in [0.1, 0.15) is 43.0 Å². The molecule has 1 aromatic carbocycles. The number of likely N-dealkylation sites (tertiary alicyclic amines) is 1. The molecule has 0 aliphatic carbocycles. The van der Waals surface area contributed by atoms with Crippen molar-refractivity contribution in [1.29, 1.82) is 0 Å². The van der Waals surface area contributed by atoms with E-state index < -0.39 is 0 Å². The molecule has 0 radical (unpaired) electrons. The molecule has 0 spiro atoms. The van der Waals surface area contributed by atoms with E-state index in [0.717, 1.165) is 29.0 Å². The van der Waals surface area contributed by atoms with Crippen LogP contribution in [0.3, 0.4) is 0 Å². The maximum absolute atomic E-state index is 12.3. The number of rotatable bonds is 5. The predicted octanol–water partition coefficient (Wildman–Crippen LogP) is 4.14. The Morgan fingerprint density at radius 1 is 1.32 bits per heavy atom. The van der Waals surface area contributed by atoms with Gasteiger partial charge in [-0.25, -0.2) is 0 Å². The van der Waals surface area contributed by atoms with Gasteiger partial charge in [0.25, 0.3) is 0 Å². The Balaban J connectivity index is 1.86. The molecule has 2 nitrogen and oxygen atoms in total. The third kappa shape index (κ3) is 4.15. The van der Waals surface area contributed by atoms with E-state index in [1.807, 2.05) is 24.3 Å². The van der Waals surface area contributed by atoms with Gasteiger partial charge in [-0.2, -0.15) is 0 Å². The second-order valence-electron chi connectivity index (χ2n) is 5.41. The fourth-order valence-electron chi connectivity index (χ4n) is 2.82. The second-order valence-corrected chi connectivity index (χ2v) is 6.27. The van der Waals surface area contributed by atoms with Crippen LogP contribution in [0.25, 0.3) is 0 Å². The summed E-state index contributed by atoms with van der Waals surface area (Å²) in [6, 6.07) is 7.69. The van der Waals surface area contributed by atoms with Crippen molar-refractivity contribution in [3.05, 3.63) is 34.3 Å². The van der Waals surface area contributed by atoms with E-state index in [1.165, 1.54) is 25.7 Å². The fraction of sp³-hybridized carbons (Fsp3) is 0.562. The van der Waals surface area contributed by atoms with E-state index in [0.29, 0.717) is 6.54 Å². The van der Waals surface area contributed by atoms with Gasteiger partial charge in [-0.15, -0.1) is 0 Å². The van der Waals surface area contributed by atoms with Gasteiger partial charge in [0.2, 0.25) is 0 Å². The highest BCUT2D eigenvalue weighted by atomic mass is 79.9. The average molecular weight is 324 g/mol. The molecule has 3 heteroatoms. The summed E-state index contributed by atoms with van der Waals surface area (Å²) in [4.78, 5) is 14.6. The molecular formula is C16H22BrNO. The van der Waals surface area contributed by atoms with Gasteiger partial charge in [-0.3, -0.25) is 9.69 Å². The number of carbonyl (C=O) groups is 1. The molecule has 0 aromatic heterocycles. The molecule has 0 saturated carbocycles. The number of hydrogen-bond donors (Lipinski definition) is 0. The summed E-state index contributed by atoms with van der Waals surface area (Å²) < 4.78 is 0.904. The Morgan fingerprint density at radius 2 is 2.00 bits per heavy atom. The molecule has 0 bridgehead atoms. The molecule has 1 aromatic rings. The molecule has 0 N–H and O–H groups in total. The van der Waals surface area contributed by atoms with Crippen LogP contribution in [0.4, 0.5) is 0 Å². The van der Waals surface area contributed by atoms with Gasteiger partial charge < -0.3 is 0 Å². The molecule has 0 amide bonds. The monoisotopic (exact) mass is 323 g/mol. The van der Waals surface area contributed by atoms with Crippen LogP contribution < -0.4 is 0 Å². The van der Waals surface area contributed by atoms with Crippen LogP contribution in [-0.4, -0.2) is 30.3 Å². The van der Waals surface area contributed by atoms with Crippen molar-refractivity contribution in [2.75, 3.05) is 19.6 Å². The smallest absolute Gasteiger partial charge is 0.177 e. The van der Waals surface area contributed by atoms with Gasteiger partial charge in [-0.1, -0.05) is 53.9 Å². The van der Waals surface area contributed by atoms with Gasteiger partial charge in [0, 0.05) is 10.0 Å². The first kappa shape index (κ1) is 14.7. The van der Waals surface area contributed by atoms with Gasteiger partial charge in [0.05, 0.1) is 6.54 Å². The minimum absolute atomic E-state index is 0.224. The molecule has 2 rings (SSSR count). The molecule has 19 heavy (non-hydrogen) atoms. The maximum atomic E-state index is 12.3. The van der Waals surface area contributed by atoms with E-state index in [-0.39, 0.29) is 5.78 Å². The minimum Gasteiger partial charge on any atom is -0.296 e. The number of piperidine rings is 1. The first-order valence-electron chi connectivity index (χ1n) is 7.20. The Bertz CT molecular complexity index is 425. The Morgan fingerprint density at radius 3 is 2.63 bits per heavy atom.